The lowest BCUT2D eigenvalue weighted by Gasteiger charge is -2.08. The lowest BCUT2D eigenvalue weighted by atomic mass is 10.0. The van der Waals surface area contributed by atoms with Crippen LogP contribution in [0.1, 0.15) is 36.6 Å². The van der Waals surface area contributed by atoms with Crippen LogP contribution >= 0.6 is 0 Å². The topological polar surface area (TPSA) is 43.8 Å². The van der Waals surface area contributed by atoms with Crippen LogP contribution in [0, 0.1) is 6.92 Å². The molecule has 17 heavy (non-hydrogen) atoms. The zero-order chi connectivity index (χ0) is 12.4. The van der Waals surface area contributed by atoms with E-state index in [9.17, 15) is 0 Å². The van der Waals surface area contributed by atoms with Crippen molar-refractivity contribution in [1.82, 2.24) is 9.78 Å². The molecule has 1 heterocycles. The number of nitrogens with two attached hydrogens (primary N) is 1. The number of hydrogen-bond donors (Lipinski definition) is 1. The van der Waals surface area contributed by atoms with Crippen molar-refractivity contribution in [3.63, 3.8) is 0 Å². The van der Waals surface area contributed by atoms with Crippen LogP contribution < -0.4 is 5.73 Å². The first kappa shape index (κ1) is 11.9. The van der Waals surface area contributed by atoms with Gasteiger partial charge >= 0.3 is 0 Å². The van der Waals surface area contributed by atoms with Gasteiger partial charge in [-0.15, -0.1) is 0 Å². The number of nitrogens with zero attached hydrogens (tertiary/aromatic N) is 2. The minimum absolute atomic E-state index is 0.538. The van der Waals surface area contributed by atoms with Gasteiger partial charge in [-0.05, 0) is 30.5 Å². The third-order valence-electron chi connectivity index (χ3n) is 3.14. The van der Waals surface area contributed by atoms with Crippen molar-refractivity contribution in [2.75, 3.05) is 0 Å². The minimum Gasteiger partial charge on any atom is -0.326 e. The van der Waals surface area contributed by atoms with E-state index in [1.54, 1.807) is 0 Å². The van der Waals surface area contributed by atoms with Gasteiger partial charge in [0.2, 0.25) is 0 Å². The average molecular weight is 229 g/mol. The fourth-order valence-electron chi connectivity index (χ4n) is 1.90. The van der Waals surface area contributed by atoms with E-state index in [0.717, 1.165) is 16.9 Å². The normalized spacial score (nSPS) is 11.1. The summed E-state index contributed by atoms with van der Waals surface area (Å²) in [6.07, 6.45) is 1.84. The van der Waals surface area contributed by atoms with Crippen LogP contribution in [-0.2, 0) is 6.54 Å². The van der Waals surface area contributed by atoms with E-state index in [4.69, 9.17) is 5.73 Å². The zero-order valence-corrected chi connectivity index (χ0v) is 10.6. The van der Waals surface area contributed by atoms with E-state index in [-0.39, 0.29) is 0 Å². The van der Waals surface area contributed by atoms with Gasteiger partial charge in [-0.1, -0.05) is 26.0 Å². The van der Waals surface area contributed by atoms with Crippen LogP contribution in [0.3, 0.4) is 0 Å². The Balaban J connectivity index is 2.36. The van der Waals surface area contributed by atoms with Crippen molar-refractivity contribution in [3.05, 3.63) is 47.3 Å². The second kappa shape index (κ2) is 4.72. The zero-order valence-electron chi connectivity index (χ0n) is 10.6. The Morgan fingerprint density at radius 3 is 2.35 bits per heavy atom. The van der Waals surface area contributed by atoms with Gasteiger partial charge in [0.15, 0.2) is 0 Å². The smallest absolute Gasteiger partial charge is 0.0648 e. The van der Waals surface area contributed by atoms with E-state index in [0.29, 0.717) is 12.5 Å². The van der Waals surface area contributed by atoms with Crippen molar-refractivity contribution in [2.24, 2.45) is 5.73 Å². The molecule has 0 aliphatic carbocycles. The molecule has 90 valence electrons. The van der Waals surface area contributed by atoms with Crippen LogP contribution in [0.25, 0.3) is 5.69 Å². The molecule has 3 heteroatoms. The largest absolute Gasteiger partial charge is 0.326 e. The molecule has 2 aromatic rings. The predicted molar refractivity (Wildman–Crippen MR) is 70.3 cm³/mol. The highest BCUT2D eigenvalue weighted by molar-refractivity contribution is 5.37. The molecule has 2 rings (SSSR count). The fourth-order valence-corrected chi connectivity index (χ4v) is 1.90. The first-order valence-electron chi connectivity index (χ1n) is 5.97. The van der Waals surface area contributed by atoms with Crippen molar-refractivity contribution < 1.29 is 0 Å². The number of benzene rings is 1. The Morgan fingerprint density at radius 2 is 1.88 bits per heavy atom. The SMILES string of the molecule is Cc1c(CN)cnn1-c1ccc(C(C)C)cc1. The van der Waals surface area contributed by atoms with Crippen LogP contribution in [0.2, 0.25) is 0 Å². The van der Waals surface area contributed by atoms with Gasteiger partial charge in [0.05, 0.1) is 11.9 Å². The maximum Gasteiger partial charge on any atom is 0.0648 e. The van der Waals surface area contributed by atoms with Gasteiger partial charge in [0.25, 0.3) is 0 Å². The molecule has 2 N–H and O–H groups in total. The van der Waals surface area contributed by atoms with Gasteiger partial charge in [0.1, 0.15) is 0 Å². The van der Waals surface area contributed by atoms with Gasteiger partial charge < -0.3 is 5.73 Å². The summed E-state index contributed by atoms with van der Waals surface area (Å²) in [4.78, 5) is 0. The van der Waals surface area contributed by atoms with E-state index >= 15 is 0 Å². The van der Waals surface area contributed by atoms with Gasteiger partial charge in [0, 0.05) is 17.8 Å². The third kappa shape index (κ3) is 2.24. The van der Waals surface area contributed by atoms with Crippen molar-refractivity contribution in [1.29, 1.82) is 0 Å². The Hall–Kier alpha value is -1.61. The number of aromatic nitrogens is 2. The first-order chi connectivity index (χ1) is 8.13. The molecule has 0 spiro atoms. The van der Waals surface area contributed by atoms with Gasteiger partial charge in [-0.25, -0.2) is 4.68 Å². The minimum atomic E-state index is 0.538. The predicted octanol–water partition coefficient (Wildman–Crippen LogP) is 2.76. The molecule has 3 nitrogen and oxygen atoms in total. The molecule has 0 aliphatic rings. The summed E-state index contributed by atoms with van der Waals surface area (Å²) in [5, 5.41) is 4.37. The van der Waals surface area contributed by atoms with Crippen molar-refractivity contribution in [2.45, 2.75) is 33.2 Å². The third-order valence-corrected chi connectivity index (χ3v) is 3.14. The van der Waals surface area contributed by atoms with Crippen LogP contribution in [-0.4, -0.2) is 9.78 Å². The quantitative estimate of drug-likeness (QED) is 0.879. The molecule has 0 amide bonds. The molecule has 0 radical (unpaired) electrons. The molecule has 0 atom stereocenters. The summed E-state index contributed by atoms with van der Waals surface area (Å²) >= 11 is 0. The first-order valence-corrected chi connectivity index (χ1v) is 5.97. The van der Waals surface area contributed by atoms with Crippen molar-refractivity contribution in [3.8, 4) is 5.69 Å². The Labute approximate surface area is 102 Å². The standard InChI is InChI=1S/C14H19N3/c1-10(2)12-4-6-14(7-5-12)17-11(3)13(8-15)9-16-17/h4-7,9-10H,8,15H2,1-3H3. The molecule has 0 saturated heterocycles. The molecular weight excluding hydrogens is 210 g/mol. The van der Waals surface area contributed by atoms with Crippen LogP contribution in [0.4, 0.5) is 0 Å². The highest BCUT2D eigenvalue weighted by atomic mass is 15.3. The maximum atomic E-state index is 5.65. The highest BCUT2D eigenvalue weighted by Crippen LogP contribution is 2.18. The lowest BCUT2D eigenvalue weighted by Crippen LogP contribution is -2.02. The molecule has 0 fully saturated rings. The molecule has 0 aliphatic heterocycles. The lowest BCUT2D eigenvalue weighted by molar-refractivity contribution is 0.834. The molecule has 0 saturated carbocycles. The molecule has 0 unspecified atom stereocenters. The number of hydrogen-bond acceptors (Lipinski definition) is 2. The molecule has 1 aromatic carbocycles. The maximum absolute atomic E-state index is 5.65. The molecule has 1 aromatic heterocycles. The summed E-state index contributed by atoms with van der Waals surface area (Å²) in [6.45, 7) is 6.98. The second-order valence-electron chi connectivity index (χ2n) is 4.62. The van der Waals surface area contributed by atoms with E-state index in [1.165, 1.54) is 5.56 Å². The Kier molecular flexibility index (Phi) is 3.29. The van der Waals surface area contributed by atoms with E-state index in [2.05, 4.69) is 43.2 Å². The highest BCUT2D eigenvalue weighted by Gasteiger charge is 2.07. The Morgan fingerprint density at radius 1 is 1.24 bits per heavy atom. The van der Waals surface area contributed by atoms with Gasteiger partial charge in [-0.3, -0.25) is 0 Å². The number of rotatable bonds is 3. The van der Waals surface area contributed by atoms with Crippen LogP contribution in [0.5, 0.6) is 0 Å². The van der Waals surface area contributed by atoms with Crippen molar-refractivity contribution >= 4 is 0 Å². The average Bonchev–Trinajstić information content (AvgIpc) is 2.70. The summed E-state index contributed by atoms with van der Waals surface area (Å²) < 4.78 is 1.94. The summed E-state index contributed by atoms with van der Waals surface area (Å²) in [5.74, 6) is 0.558. The summed E-state index contributed by atoms with van der Waals surface area (Å²) in [5.41, 5.74) is 10.3. The molecular formula is C14H19N3. The monoisotopic (exact) mass is 229 g/mol. The second-order valence-corrected chi connectivity index (χ2v) is 4.62. The molecule has 0 bridgehead atoms. The van der Waals surface area contributed by atoms with Crippen LogP contribution in [0.15, 0.2) is 30.5 Å². The Bertz CT molecular complexity index is 495. The van der Waals surface area contributed by atoms with Gasteiger partial charge in [-0.2, -0.15) is 5.10 Å². The summed E-state index contributed by atoms with van der Waals surface area (Å²) in [6, 6.07) is 8.53. The van der Waals surface area contributed by atoms with E-state index < -0.39 is 0 Å². The summed E-state index contributed by atoms with van der Waals surface area (Å²) in [7, 11) is 0. The fraction of sp³-hybridized carbons (Fsp3) is 0.357. The van der Waals surface area contributed by atoms with E-state index in [1.807, 2.05) is 17.8 Å².